The number of ether oxygens (including phenoxy) is 2. The van der Waals surface area contributed by atoms with Crippen LogP contribution in [0.25, 0.3) is 11.2 Å². The van der Waals surface area contributed by atoms with Crippen molar-refractivity contribution >= 4 is 57.8 Å². The van der Waals surface area contributed by atoms with E-state index in [0.29, 0.717) is 45.4 Å². The fourth-order valence-electron chi connectivity index (χ4n) is 7.02. The fourth-order valence-corrected chi connectivity index (χ4v) is 7.91. The van der Waals surface area contributed by atoms with Gasteiger partial charge in [0.05, 0.1) is 27.0 Å². The Balaban J connectivity index is 1.33. The van der Waals surface area contributed by atoms with Crippen molar-refractivity contribution in [3.8, 4) is 11.8 Å². The van der Waals surface area contributed by atoms with Crippen molar-refractivity contribution in [1.29, 1.82) is 0 Å². The average molecular weight is 739 g/mol. The van der Waals surface area contributed by atoms with E-state index < -0.39 is 53.6 Å². The molecule has 2 aliphatic carbocycles. The Morgan fingerprint density at radius 3 is 2.23 bits per heavy atom. The number of nitrogens with zero attached hydrogens (tertiary/aromatic N) is 4. The molecular weight excluding hydrogens is 704 g/mol. The van der Waals surface area contributed by atoms with E-state index in [-0.39, 0.29) is 11.7 Å². The Morgan fingerprint density at radius 1 is 0.981 bits per heavy atom. The normalized spacial score (nSPS) is 22.7. The highest BCUT2D eigenvalue weighted by Crippen LogP contribution is 2.69. The van der Waals surface area contributed by atoms with E-state index in [9.17, 15) is 14.4 Å². The molecule has 5 aromatic rings. The Hall–Kier alpha value is -5.33. The molecular formula is C37H35ClN8O5S. The van der Waals surface area contributed by atoms with Crippen LogP contribution in [0.3, 0.4) is 0 Å². The largest absolute Gasteiger partial charge is 0.456 e. The van der Waals surface area contributed by atoms with Crippen LogP contribution in [0.5, 0.6) is 0 Å². The van der Waals surface area contributed by atoms with Crippen molar-refractivity contribution in [1.82, 2.24) is 24.8 Å². The number of carbonyl (C=O) groups excluding carboxylic acids is 3. The fraction of sp³-hybridized carbons (Fsp3) is 0.297. The van der Waals surface area contributed by atoms with Crippen LogP contribution in [-0.4, -0.2) is 63.2 Å². The topological polar surface area (TPSA) is 189 Å². The number of benzene rings is 2. The average Bonchev–Trinajstić information content (AvgIpc) is 3.38. The molecule has 0 spiro atoms. The second-order valence-electron chi connectivity index (χ2n) is 12.6. The van der Waals surface area contributed by atoms with Crippen LogP contribution in [0.4, 0.5) is 5.82 Å². The molecule has 2 saturated carbocycles. The van der Waals surface area contributed by atoms with Gasteiger partial charge < -0.3 is 36.1 Å². The lowest BCUT2D eigenvalue weighted by molar-refractivity contribution is -0.176. The first-order chi connectivity index (χ1) is 25.2. The molecule has 0 radical (unpaired) electrons. The quantitative estimate of drug-likeness (QED) is 0.120. The predicted molar refractivity (Wildman–Crippen MR) is 195 cm³/mol. The summed E-state index contributed by atoms with van der Waals surface area (Å²) < 4.78 is 14.8. The number of hydrogen-bond acceptors (Lipinski definition) is 12. The van der Waals surface area contributed by atoms with Gasteiger partial charge in [-0.25, -0.2) is 24.5 Å². The molecule has 2 aliphatic rings. The van der Waals surface area contributed by atoms with Crippen LogP contribution in [-0.2, 0) is 23.9 Å². The van der Waals surface area contributed by atoms with Crippen LogP contribution in [0.2, 0.25) is 4.34 Å². The van der Waals surface area contributed by atoms with Crippen molar-refractivity contribution in [3.63, 3.8) is 0 Å². The van der Waals surface area contributed by atoms with E-state index in [2.05, 4.69) is 32.4 Å². The van der Waals surface area contributed by atoms with Crippen LogP contribution < -0.4 is 22.1 Å². The second-order valence-corrected chi connectivity index (χ2v) is 14.3. The summed E-state index contributed by atoms with van der Waals surface area (Å²) in [6.07, 6.45) is -0.535. The lowest BCUT2D eigenvalue weighted by atomic mass is 9.97. The zero-order valence-electron chi connectivity index (χ0n) is 28.2. The van der Waals surface area contributed by atoms with E-state index >= 15 is 0 Å². The first-order valence-electron chi connectivity index (χ1n) is 16.7. The number of carbonyl (C=O) groups is 3. The van der Waals surface area contributed by atoms with Gasteiger partial charge in [-0.2, -0.15) is 0 Å². The molecule has 13 nitrogen and oxygen atoms in total. The van der Waals surface area contributed by atoms with Gasteiger partial charge in [-0.05, 0) is 48.4 Å². The van der Waals surface area contributed by atoms with Gasteiger partial charge in [-0.3, -0.25) is 4.79 Å². The summed E-state index contributed by atoms with van der Waals surface area (Å²) in [6.45, 7) is 2.46. The number of nitrogens with one attached hydrogen (secondary N) is 2. The van der Waals surface area contributed by atoms with Gasteiger partial charge in [-0.15, -0.1) is 11.3 Å². The maximum atomic E-state index is 13.8. The number of halogens is 1. The van der Waals surface area contributed by atoms with Gasteiger partial charge in [0, 0.05) is 19.5 Å². The Morgan fingerprint density at radius 2 is 1.63 bits per heavy atom. The molecule has 7 atom stereocenters. The number of hydrogen-bond donors (Lipinski definition) is 4. The van der Waals surface area contributed by atoms with Gasteiger partial charge >= 0.3 is 11.9 Å². The number of fused-ring (bicyclic) bond motifs is 2. The van der Waals surface area contributed by atoms with Crippen LogP contribution in [0, 0.1) is 23.2 Å². The minimum absolute atomic E-state index is 0.206. The third-order valence-electron chi connectivity index (χ3n) is 9.54. The summed E-state index contributed by atoms with van der Waals surface area (Å²) in [6, 6.07) is 18.0. The number of amides is 1. The highest BCUT2D eigenvalue weighted by atomic mass is 35.5. The molecule has 52 heavy (non-hydrogen) atoms. The molecule has 6 N–H and O–H groups in total. The number of aromatic nitrogens is 4. The lowest BCUT2D eigenvalue weighted by Gasteiger charge is -2.32. The molecule has 266 valence electrons. The third kappa shape index (κ3) is 6.37. The van der Waals surface area contributed by atoms with Crippen LogP contribution >= 0.6 is 22.9 Å². The van der Waals surface area contributed by atoms with E-state index in [4.69, 9.17) is 37.5 Å². The van der Waals surface area contributed by atoms with Gasteiger partial charge in [0.15, 0.2) is 29.2 Å². The molecule has 3 heterocycles. The molecule has 1 amide bonds. The number of imidazole rings is 1. The summed E-state index contributed by atoms with van der Waals surface area (Å²) in [5.41, 5.74) is 13.4. The summed E-state index contributed by atoms with van der Waals surface area (Å²) in [7, 11) is 1.51. The van der Waals surface area contributed by atoms with Crippen molar-refractivity contribution in [2.24, 2.45) is 22.8 Å². The van der Waals surface area contributed by atoms with Crippen molar-refractivity contribution in [2.45, 2.75) is 43.7 Å². The Labute approximate surface area is 308 Å². The summed E-state index contributed by atoms with van der Waals surface area (Å²) in [4.78, 5) is 56.2. The van der Waals surface area contributed by atoms with Crippen molar-refractivity contribution in [3.05, 3.63) is 105 Å². The van der Waals surface area contributed by atoms with Gasteiger partial charge in [0.2, 0.25) is 11.7 Å². The maximum absolute atomic E-state index is 13.8. The molecule has 3 unspecified atom stereocenters. The van der Waals surface area contributed by atoms with E-state index in [1.807, 2.05) is 19.1 Å². The lowest BCUT2D eigenvalue weighted by Crippen LogP contribution is -2.47. The summed E-state index contributed by atoms with van der Waals surface area (Å²) in [5, 5.41) is 5.96. The first kappa shape index (κ1) is 35.1. The SMILES string of the molecule is CCNc1nc(C#Cc2ccc(Cl)s2)nc2c1ncn2[C@H]1C(OC(=O)[C@@H](N)c2ccccc2)C(OC(=O)[C@@H](N)c2ccccc2)[C@]2(C(=O)NC)CC12. The van der Waals surface area contributed by atoms with Gasteiger partial charge in [0.1, 0.15) is 12.1 Å². The number of nitrogens with two attached hydrogens (primary N) is 2. The molecule has 2 aromatic carbocycles. The van der Waals surface area contributed by atoms with E-state index in [1.54, 1.807) is 71.6 Å². The molecule has 0 aliphatic heterocycles. The second kappa shape index (κ2) is 14.4. The smallest absolute Gasteiger partial charge is 0.328 e. The molecule has 2 fully saturated rings. The highest BCUT2D eigenvalue weighted by molar-refractivity contribution is 7.16. The molecule has 7 rings (SSSR count). The molecule has 15 heteroatoms. The predicted octanol–water partition coefficient (Wildman–Crippen LogP) is 3.90. The minimum Gasteiger partial charge on any atom is -0.456 e. The van der Waals surface area contributed by atoms with Crippen LogP contribution in [0.15, 0.2) is 79.1 Å². The van der Waals surface area contributed by atoms with Gasteiger partial charge in [0.25, 0.3) is 0 Å². The number of esters is 2. The van der Waals surface area contributed by atoms with Crippen molar-refractivity contribution in [2.75, 3.05) is 18.9 Å². The zero-order chi connectivity index (χ0) is 36.6. The first-order valence-corrected chi connectivity index (χ1v) is 17.9. The van der Waals surface area contributed by atoms with Gasteiger partial charge in [-0.1, -0.05) is 72.3 Å². The number of thiophene rings is 1. The monoisotopic (exact) mass is 738 g/mol. The number of rotatable bonds is 10. The maximum Gasteiger partial charge on any atom is 0.328 e. The minimum atomic E-state index is -1.25. The number of anilines is 1. The molecule has 0 saturated heterocycles. The molecule has 0 bridgehead atoms. The zero-order valence-corrected chi connectivity index (χ0v) is 29.7. The standard InChI is InChI=1S/C37H35ClN8O5S/c1-3-42-32-28-33(45-25(44-32)17-15-22-14-16-24(38)52-22)46(19-43-28)29-23-18-37(23,36(49)41-2)31(51-35(48)27(40)21-12-8-5-9-13-21)30(29)50-34(47)26(39)20-10-6-4-7-11-20/h4-14,16,19,23,26-27,29-31H,3,18,39-40H2,1-2H3,(H,41,49)(H,42,44,45)/t23?,26-,27-,29+,30?,31?,37-/m0/s1. The summed E-state index contributed by atoms with van der Waals surface area (Å²) >= 11 is 7.44. The third-order valence-corrected chi connectivity index (χ3v) is 10.7. The Bertz CT molecular complexity index is 2200. The highest BCUT2D eigenvalue weighted by Gasteiger charge is 2.78. The summed E-state index contributed by atoms with van der Waals surface area (Å²) in [5.74, 6) is 4.35. The van der Waals surface area contributed by atoms with E-state index in [1.165, 1.54) is 18.4 Å². The molecule has 3 aromatic heterocycles. The van der Waals surface area contributed by atoms with E-state index in [0.717, 1.165) is 4.88 Å². The van der Waals surface area contributed by atoms with Crippen molar-refractivity contribution < 1.29 is 23.9 Å². The van der Waals surface area contributed by atoms with Crippen LogP contribution in [0.1, 0.15) is 53.3 Å². The Kier molecular flexibility index (Phi) is 9.69.